The fraction of sp³-hybridized carbons (Fsp3) is 0.222. The van der Waals surface area contributed by atoms with Crippen LogP contribution in [0.4, 0.5) is 11.4 Å². The number of hydrogen-bond donors (Lipinski definition) is 2. The molecule has 1 amide bonds. The third-order valence-electron chi connectivity index (χ3n) is 1.61. The first-order chi connectivity index (χ1) is 6.13. The zero-order valence-corrected chi connectivity index (χ0v) is 8.06. The number of nitrogens with two attached hydrogens (primary N) is 1. The molecule has 0 atom stereocenters. The third-order valence-corrected chi connectivity index (χ3v) is 1.85. The van der Waals surface area contributed by atoms with E-state index in [1.165, 1.54) is 0 Å². The number of rotatable bonds is 2. The Morgan fingerprint density at radius 3 is 2.92 bits per heavy atom. The maximum absolute atomic E-state index is 11.0. The first-order valence-electron chi connectivity index (χ1n) is 3.98. The predicted molar refractivity (Wildman–Crippen MR) is 54.8 cm³/mol. The summed E-state index contributed by atoms with van der Waals surface area (Å²) in [5.41, 5.74) is 6.71. The summed E-state index contributed by atoms with van der Waals surface area (Å²) in [6.07, 6.45) is 0.423. The van der Waals surface area contributed by atoms with Gasteiger partial charge in [0.2, 0.25) is 5.91 Å². The Morgan fingerprint density at radius 2 is 2.31 bits per heavy atom. The van der Waals surface area contributed by atoms with Crippen molar-refractivity contribution in [3.8, 4) is 0 Å². The average molecular weight is 199 g/mol. The molecule has 0 bridgehead atoms. The van der Waals surface area contributed by atoms with E-state index in [4.69, 9.17) is 17.3 Å². The second-order valence-corrected chi connectivity index (χ2v) is 3.07. The molecule has 13 heavy (non-hydrogen) atoms. The van der Waals surface area contributed by atoms with Gasteiger partial charge in [-0.1, -0.05) is 18.5 Å². The maximum Gasteiger partial charge on any atom is 0.224 e. The lowest BCUT2D eigenvalue weighted by Crippen LogP contribution is -2.10. The number of hydrogen-bond acceptors (Lipinski definition) is 2. The number of amides is 1. The Bertz CT molecular complexity index is 325. The minimum absolute atomic E-state index is 0.0750. The van der Waals surface area contributed by atoms with E-state index in [9.17, 15) is 4.79 Å². The van der Waals surface area contributed by atoms with Crippen molar-refractivity contribution in [3.63, 3.8) is 0 Å². The fourth-order valence-corrected chi connectivity index (χ4v) is 1.05. The summed E-state index contributed by atoms with van der Waals surface area (Å²) in [7, 11) is 0. The summed E-state index contributed by atoms with van der Waals surface area (Å²) < 4.78 is 0. The number of benzene rings is 1. The van der Waals surface area contributed by atoms with E-state index in [1.807, 2.05) is 0 Å². The lowest BCUT2D eigenvalue weighted by molar-refractivity contribution is -0.115. The zero-order valence-electron chi connectivity index (χ0n) is 7.30. The van der Waals surface area contributed by atoms with Gasteiger partial charge in [-0.3, -0.25) is 4.79 Å². The molecule has 0 unspecified atom stereocenters. The quantitative estimate of drug-likeness (QED) is 0.717. The lowest BCUT2D eigenvalue weighted by Gasteiger charge is -2.06. The highest BCUT2D eigenvalue weighted by atomic mass is 35.5. The molecule has 0 aromatic heterocycles. The first-order valence-corrected chi connectivity index (χ1v) is 4.36. The average Bonchev–Trinajstić information content (AvgIpc) is 2.11. The van der Waals surface area contributed by atoms with Crippen LogP contribution in [0.25, 0.3) is 0 Å². The van der Waals surface area contributed by atoms with Crippen LogP contribution < -0.4 is 11.1 Å². The molecule has 0 saturated carbocycles. The summed E-state index contributed by atoms with van der Waals surface area (Å²) in [5.74, 6) is -0.0750. The molecule has 0 aliphatic rings. The monoisotopic (exact) mass is 198 g/mol. The molecular formula is C9H11ClN2O. The van der Waals surface area contributed by atoms with Gasteiger partial charge in [-0.15, -0.1) is 0 Å². The minimum Gasteiger partial charge on any atom is -0.397 e. The van der Waals surface area contributed by atoms with E-state index in [0.29, 0.717) is 22.8 Å². The Hall–Kier alpha value is -1.22. The third kappa shape index (κ3) is 2.63. The SMILES string of the molecule is CCC(=O)Nc1cc(Cl)ccc1N. The molecule has 1 aromatic carbocycles. The summed E-state index contributed by atoms with van der Waals surface area (Å²) in [6.45, 7) is 1.77. The number of anilines is 2. The van der Waals surface area contributed by atoms with Crippen molar-refractivity contribution in [2.75, 3.05) is 11.1 Å². The van der Waals surface area contributed by atoms with Gasteiger partial charge in [0.05, 0.1) is 11.4 Å². The van der Waals surface area contributed by atoms with E-state index in [1.54, 1.807) is 25.1 Å². The highest BCUT2D eigenvalue weighted by Crippen LogP contribution is 2.22. The fourth-order valence-electron chi connectivity index (χ4n) is 0.875. The van der Waals surface area contributed by atoms with Gasteiger partial charge in [0, 0.05) is 11.4 Å². The van der Waals surface area contributed by atoms with Crippen LogP contribution in [0.3, 0.4) is 0 Å². The summed E-state index contributed by atoms with van der Waals surface area (Å²) >= 11 is 5.74. The Balaban J connectivity index is 2.87. The number of nitrogen functional groups attached to an aromatic ring is 1. The normalized spacial score (nSPS) is 9.69. The molecule has 0 fully saturated rings. The molecule has 0 saturated heterocycles. The number of nitrogens with one attached hydrogen (secondary N) is 1. The second kappa shape index (κ2) is 4.14. The largest absolute Gasteiger partial charge is 0.397 e. The van der Waals surface area contributed by atoms with Crippen LogP contribution in [0.1, 0.15) is 13.3 Å². The predicted octanol–water partition coefficient (Wildman–Crippen LogP) is 2.27. The van der Waals surface area contributed by atoms with Crippen LogP contribution in [-0.2, 0) is 4.79 Å². The molecule has 0 heterocycles. The van der Waals surface area contributed by atoms with Crippen LogP contribution in [0.2, 0.25) is 5.02 Å². The zero-order chi connectivity index (χ0) is 9.84. The van der Waals surface area contributed by atoms with E-state index in [0.717, 1.165) is 0 Å². The molecule has 3 N–H and O–H groups in total. The number of carbonyl (C=O) groups is 1. The highest BCUT2D eigenvalue weighted by molar-refractivity contribution is 6.31. The van der Waals surface area contributed by atoms with Gasteiger partial charge in [0.25, 0.3) is 0 Å². The van der Waals surface area contributed by atoms with Crippen molar-refractivity contribution in [3.05, 3.63) is 23.2 Å². The topological polar surface area (TPSA) is 55.1 Å². The lowest BCUT2D eigenvalue weighted by atomic mass is 10.2. The number of halogens is 1. The standard InChI is InChI=1S/C9H11ClN2O/c1-2-9(13)12-8-5-6(10)3-4-7(8)11/h3-5H,2,11H2,1H3,(H,12,13). The molecule has 0 aliphatic carbocycles. The van der Waals surface area contributed by atoms with Crippen LogP contribution in [0.5, 0.6) is 0 Å². The number of carbonyl (C=O) groups excluding carboxylic acids is 1. The molecule has 0 radical (unpaired) electrons. The first kappa shape index (κ1) is 9.86. The van der Waals surface area contributed by atoms with Crippen molar-refractivity contribution >= 4 is 28.9 Å². The maximum atomic E-state index is 11.0. The summed E-state index contributed by atoms with van der Waals surface area (Å²) in [4.78, 5) is 11.0. The second-order valence-electron chi connectivity index (χ2n) is 2.63. The molecule has 1 rings (SSSR count). The van der Waals surface area contributed by atoms with E-state index < -0.39 is 0 Å². The Kier molecular flexibility index (Phi) is 3.14. The molecule has 0 aliphatic heterocycles. The van der Waals surface area contributed by atoms with Crippen LogP contribution >= 0.6 is 11.6 Å². The smallest absolute Gasteiger partial charge is 0.224 e. The van der Waals surface area contributed by atoms with Crippen LogP contribution in [-0.4, -0.2) is 5.91 Å². The summed E-state index contributed by atoms with van der Waals surface area (Å²) in [5, 5.41) is 3.21. The van der Waals surface area contributed by atoms with E-state index in [2.05, 4.69) is 5.32 Å². The molecule has 4 heteroatoms. The molecule has 1 aromatic rings. The molecular weight excluding hydrogens is 188 g/mol. The van der Waals surface area contributed by atoms with Crippen LogP contribution in [0.15, 0.2) is 18.2 Å². The Labute approximate surface area is 81.9 Å². The minimum atomic E-state index is -0.0750. The van der Waals surface area contributed by atoms with Crippen molar-refractivity contribution in [2.45, 2.75) is 13.3 Å². The van der Waals surface area contributed by atoms with Gasteiger partial charge >= 0.3 is 0 Å². The Morgan fingerprint density at radius 1 is 1.62 bits per heavy atom. The van der Waals surface area contributed by atoms with Gasteiger partial charge in [0.1, 0.15) is 0 Å². The molecule has 70 valence electrons. The summed E-state index contributed by atoms with van der Waals surface area (Å²) in [6, 6.07) is 4.97. The van der Waals surface area contributed by atoms with Crippen molar-refractivity contribution in [1.82, 2.24) is 0 Å². The molecule has 3 nitrogen and oxygen atoms in total. The van der Waals surface area contributed by atoms with E-state index in [-0.39, 0.29) is 5.91 Å². The van der Waals surface area contributed by atoms with Crippen molar-refractivity contribution < 1.29 is 4.79 Å². The van der Waals surface area contributed by atoms with Crippen LogP contribution in [0, 0.1) is 0 Å². The van der Waals surface area contributed by atoms with Gasteiger partial charge < -0.3 is 11.1 Å². The highest BCUT2D eigenvalue weighted by Gasteiger charge is 2.02. The van der Waals surface area contributed by atoms with Gasteiger partial charge in [0.15, 0.2) is 0 Å². The van der Waals surface area contributed by atoms with Gasteiger partial charge in [-0.05, 0) is 18.2 Å². The van der Waals surface area contributed by atoms with Gasteiger partial charge in [-0.25, -0.2) is 0 Å². The molecule has 0 spiro atoms. The van der Waals surface area contributed by atoms with Crippen molar-refractivity contribution in [2.24, 2.45) is 0 Å². The van der Waals surface area contributed by atoms with E-state index >= 15 is 0 Å². The van der Waals surface area contributed by atoms with Crippen molar-refractivity contribution in [1.29, 1.82) is 0 Å². The van der Waals surface area contributed by atoms with Gasteiger partial charge in [-0.2, -0.15) is 0 Å².